The van der Waals surface area contributed by atoms with Crippen LogP contribution in [-0.2, 0) is 11.8 Å². The Labute approximate surface area is 121 Å². The summed E-state index contributed by atoms with van der Waals surface area (Å²) in [5.41, 5.74) is 0.487. The first-order valence-electron chi connectivity index (χ1n) is 6.15. The molecule has 7 heteroatoms. The Morgan fingerprint density at radius 3 is 2.63 bits per heavy atom. The highest BCUT2D eigenvalue weighted by Gasteiger charge is 2.18. The van der Waals surface area contributed by atoms with Gasteiger partial charge < -0.3 is 20.0 Å². The number of ketones is 1. The standard InChI is InChI=1S/C12H19BrN4O2/c1-8(18)6-4-5-7-15-11(19)9-10(14-2)16-12(13)17(9)3/h14H,4-7H2,1-3H3,(H,15,19). The van der Waals surface area contributed by atoms with Gasteiger partial charge in [0, 0.05) is 27.1 Å². The molecule has 106 valence electrons. The second-order valence-corrected chi connectivity index (χ2v) is 5.01. The van der Waals surface area contributed by atoms with E-state index < -0.39 is 0 Å². The lowest BCUT2D eigenvalue weighted by atomic mass is 10.2. The van der Waals surface area contributed by atoms with Gasteiger partial charge in [-0.05, 0) is 35.7 Å². The predicted molar refractivity (Wildman–Crippen MR) is 77.3 cm³/mol. The van der Waals surface area contributed by atoms with Crippen LogP contribution in [0.2, 0.25) is 0 Å². The quantitative estimate of drug-likeness (QED) is 0.746. The second kappa shape index (κ2) is 7.28. The van der Waals surface area contributed by atoms with Gasteiger partial charge in [0.2, 0.25) is 0 Å². The van der Waals surface area contributed by atoms with Gasteiger partial charge in [0.25, 0.3) is 5.91 Å². The number of hydrogen-bond donors (Lipinski definition) is 2. The Morgan fingerprint density at radius 1 is 1.37 bits per heavy atom. The number of carbonyl (C=O) groups excluding carboxylic acids is 2. The zero-order valence-electron chi connectivity index (χ0n) is 11.4. The number of unbranched alkanes of at least 4 members (excludes halogenated alkanes) is 1. The topological polar surface area (TPSA) is 76.0 Å². The minimum atomic E-state index is -0.173. The van der Waals surface area contributed by atoms with Crippen molar-refractivity contribution < 1.29 is 9.59 Å². The summed E-state index contributed by atoms with van der Waals surface area (Å²) in [4.78, 5) is 27.0. The zero-order valence-corrected chi connectivity index (χ0v) is 13.0. The van der Waals surface area contributed by atoms with E-state index >= 15 is 0 Å². The Balaban J connectivity index is 2.52. The molecular weight excluding hydrogens is 312 g/mol. The third kappa shape index (κ3) is 4.34. The van der Waals surface area contributed by atoms with Crippen molar-refractivity contribution in [2.24, 2.45) is 7.05 Å². The molecule has 0 fully saturated rings. The van der Waals surface area contributed by atoms with Crippen molar-refractivity contribution in [1.82, 2.24) is 14.9 Å². The van der Waals surface area contributed by atoms with Gasteiger partial charge in [0.1, 0.15) is 5.78 Å². The Kier molecular flexibility index (Phi) is 6.01. The number of hydrogen-bond acceptors (Lipinski definition) is 4. The molecule has 0 spiro atoms. The molecule has 1 aromatic rings. The van der Waals surface area contributed by atoms with Gasteiger partial charge in [-0.25, -0.2) is 4.98 Å². The molecule has 0 saturated carbocycles. The maximum absolute atomic E-state index is 12.1. The van der Waals surface area contributed by atoms with Crippen LogP contribution in [0.3, 0.4) is 0 Å². The molecule has 0 unspecified atom stereocenters. The van der Waals surface area contributed by atoms with E-state index in [9.17, 15) is 9.59 Å². The number of aromatic nitrogens is 2. The van der Waals surface area contributed by atoms with Crippen LogP contribution in [0.4, 0.5) is 5.82 Å². The van der Waals surface area contributed by atoms with Crippen LogP contribution in [0, 0.1) is 0 Å². The molecule has 0 aromatic carbocycles. The number of rotatable bonds is 7. The molecule has 1 heterocycles. The number of imidazole rings is 1. The van der Waals surface area contributed by atoms with Gasteiger partial charge in [-0.1, -0.05) is 0 Å². The largest absolute Gasteiger partial charge is 0.371 e. The van der Waals surface area contributed by atoms with Crippen LogP contribution in [-0.4, -0.2) is 34.8 Å². The number of amides is 1. The molecule has 1 rings (SSSR count). The maximum atomic E-state index is 12.1. The maximum Gasteiger partial charge on any atom is 0.271 e. The Morgan fingerprint density at radius 2 is 2.05 bits per heavy atom. The lowest BCUT2D eigenvalue weighted by Crippen LogP contribution is -2.27. The average Bonchev–Trinajstić information content (AvgIpc) is 2.64. The van der Waals surface area contributed by atoms with Crippen LogP contribution in [0.5, 0.6) is 0 Å². The average molecular weight is 331 g/mol. The summed E-state index contributed by atoms with van der Waals surface area (Å²) >= 11 is 3.28. The first-order chi connectivity index (χ1) is 8.97. The summed E-state index contributed by atoms with van der Waals surface area (Å²) in [5, 5.41) is 5.72. The Hall–Kier alpha value is -1.37. The highest BCUT2D eigenvalue weighted by atomic mass is 79.9. The van der Waals surface area contributed by atoms with Crippen molar-refractivity contribution in [3.63, 3.8) is 0 Å². The van der Waals surface area contributed by atoms with Crippen LogP contribution in [0.1, 0.15) is 36.7 Å². The van der Waals surface area contributed by atoms with Crippen LogP contribution < -0.4 is 10.6 Å². The van der Waals surface area contributed by atoms with E-state index in [4.69, 9.17) is 0 Å². The molecule has 1 aromatic heterocycles. The van der Waals surface area contributed by atoms with Gasteiger partial charge in [0.05, 0.1) is 0 Å². The fourth-order valence-corrected chi connectivity index (χ4v) is 2.04. The molecule has 0 atom stereocenters. The molecule has 0 radical (unpaired) electrons. The highest BCUT2D eigenvalue weighted by Crippen LogP contribution is 2.19. The van der Waals surface area contributed by atoms with Crippen molar-refractivity contribution in [1.29, 1.82) is 0 Å². The molecular formula is C12H19BrN4O2. The highest BCUT2D eigenvalue weighted by molar-refractivity contribution is 9.10. The number of Topliss-reactive ketones (excluding diaryl/α,β-unsaturated/α-hetero) is 1. The lowest BCUT2D eigenvalue weighted by Gasteiger charge is -2.07. The van der Waals surface area contributed by atoms with Gasteiger partial charge in [-0.3, -0.25) is 4.79 Å². The molecule has 1 amide bonds. The van der Waals surface area contributed by atoms with E-state index in [1.165, 1.54) is 0 Å². The Bertz CT molecular complexity index is 471. The van der Waals surface area contributed by atoms with Crippen molar-refractivity contribution in [3.8, 4) is 0 Å². The molecule has 6 nitrogen and oxygen atoms in total. The van der Waals surface area contributed by atoms with Crippen molar-refractivity contribution in [3.05, 3.63) is 10.4 Å². The summed E-state index contributed by atoms with van der Waals surface area (Å²) < 4.78 is 2.27. The molecule has 0 saturated heterocycles. The van der Waals surface area contributed by atoms with E-state index in [1.54, 1.807) is 25.6 Å². The van der Waals surface area contributed by atoms with Gasteiger partial charge in [-0.2, -0.15) is 0 Å². The summed E-state index contributed by atoms with van der Waals surface area (Å²) in [6.07, 6.45) is 2.15. The van der Waals surface area contributed by atoms with Crippen LogP contribution in [0.25, 0.3) is 0 Å². The van der Waals surface area contributed by atoms with Gasteiger partial charge in [0.15, 0.2) is 16.2 Å². The first kappa shape index (κ1) is 15.7. The smallest absolute Gasteiger partial charge is 0.271 e. The third-order valence-corrected chi connectivity index (χ3v) is 3.44. The minimum absolute atomic E-state index is 0.173. The van der Waals surface area contributed by atoms with E-state index in [0.717, 1.165) is 12.8 Å². The summed E-state index contributed by atoms with van der Waals surface area (Å²) in [7, 11) is 3.49. The molecule has 0 aliphatic carbocycles. The van der Waals surface area contributed by atoms with E-state index in [0.29, 0.717) is 29.2 Å². The van der Waals surface area contributed by atoms with E-state index in [2.05, 4.69) is 31.5 Å². The molecule has 0 bridgehead atoms. The number of carbonyl (C=O) groups is 2. The summed E-state index contributed by atoms with van der Waals surface area (Å²) in [5.74, 6) is 0.544. The molecule has 0 aliphatic rings. The van der Waals surface area contributed by atoms with Crippen LogP contribution in [0.15, 0.2) is 4.73 Å². The number of anilines is 1. The third-order valence-electron chi connectivity index (χ3n) is 2.73. The summed E-state index contributed by atoms with van der Waals surface area (Å²) in [6, 6.07) is 0. The first-order valence-corrected chi connectivity index (χ1v) is 6.94. The number of halogens is 1. The van der Waals surface area contributed by atoms with Gasteiger partial charge in [-0.15, -0.1) is 0 Å². The van der Waals surface area contributed by atoms with Crippen LogP contribution >= 0.6 is 15.9 Å². The van der Waals surface area contributed by atoms with E-state index in [-0.39, 0.29) is 11.7 Å². The number of nitrogens with one attached hydrogen (secondary N) is 2. The minimum Gasteiger partial charge on any atom is -0.371 e. The molecule has 19 heavy (non-hydrogen) atoms. The fraction of sp³-hybridized carbons (Fsp3) is 0.583. The van der Waals surface area contributed by atoms with Crippen molar-refractivity contribution in [2.75, 3.05) is 18.9 Å². The monoisotopic (exact) mass is 330 g/mol. The van der Waals surface area contributed by atoms with Crippen molar-refractivity contribution in [2.45, 2.75) is 26.2 Å². The summed E-state index contributed by atoms with van der Waals surface area (Å²) in [6.45, 7) is 2.13. The van der Waals surface area contributed by atoms with E-state index in [1.807, 2.05) is 0 Å². The predicted octanol–water partition coefficient (Wildman–Crippen LogP) is 1.71. The van der Waals surface area contributed by atoms with Gasteiger partial charge >= 0.3 is 0 Å². The molecule has 2 N–H and O–H groups in total. The second-order valence-electron chi connectivity index (χ2n) is 4.30. The zero-order chi connectivity index (χ0) is 14.4. The normalized spacial score (nSPS) is 10.3. The lowest BCUT2D eigenvalue weighted by molar-refractivity contribution is -0.117. The number of nitrogens with zero attached hydrogens (tertiary/aromatic N) is 2. The molecule has 0 aliphatic heterocycles. The SMILES string of the molecule is CNc1nc(Br)n(C)c1C(=O)NCCCCC(C)=O. The van der Waals surface area contributed by atoms with Crippen molar-refractivity contribution >= 4 is 33.4 Å². The fourth-order valence-electron chi connectivity index (χ4n) is 1.69.